The van der Waals surface area contributed by atoms with Crippen LogP contribution in [-0.2, 0) is 0 Å². The second kappa shape index (κ2) is 8.74. The lowest BCUT2D eigenvalue weighted by Crippen LogP contribution is -2.38. The van der Waals surface area contributed by atoms with Gasteiger partial charge in [0.1, 0.15) is 11.6 Å². The van der Waals surface area contributed by atoms with E-state index < -0.39 is 5.82 Å². The van der Waals surface area contributed by atoms with Crippen LogP contribution >= 0.6 is 11.6 Å². The molecule has 168 valence electrons. The maximum Gasteiger partial charge on any atom is 0.325 e. The zero-order valence-electron chi connectivity index (χ0n) is 18.3. The molecule has 0 bridgehead atoms. The van der Waals surface area contributed by atoms with E-state index in [1.165, 1.54) is 12.1 Å². The molecule has 0 unspecified atom stereocenters. The lowest BCUT2D eigenvalue weighted by Gasteiger charge is -2.25. The highest BCUT2D eigenvalue weighted by Crippen LogP contribution is 2.27. The number of carbonyl (C=O) groups excluding carboxylic acids is 1. The Morgan fingerprint density at radius 3 is 2.72 bits per heavy atom. The zero-order valence-corrected chi connectivity index (χ0v) is 19.1. The van der Waals surface area contributed by atoms with Crippen LogP contribution in [-0.4, -0.2) is 50.1 Å². The van der Waals surface area contributed by atoms with Crippen molar-refractivity contribution in [3.8, 4) is 5.69 Å². The van der Waals surface area contributed by atoms with Gasteiger partial charge in [0.05, 0.1) is 29.1 Å². The second-order valence-corrected chi connectivity index (χ2v) is 8.66. The van der Waals surface area contributed by atoms with E-state index in [2.05, 4.69) is 34.1 Å². The van der Waals surface area contributed by atoms with Crippen molar-refractivity contribution in [2.45, 2.75) is 32.9 Å². The van der Waals surface area contributed by atoms with Crippen LogP contribution in [0, 0.1) is 11.7 Å². The Labute approximate surface area is 191 Å². The van der Waals surface area contributed by atoms with Crippen LogP contribution in [0.25, 0.3) is 5.69 Å². The van der Waals surface area contributed by atoms with Crippen molar-refractivity contribution in [1.82, 2.24) is 24.4 Å². The van der Waals surface area contributed by atoms with Gasteiger partial charge in [-0.05, 0) is 37.1 Å². The fraction of sp³-hybridized carbons (Fsp3) is 0.364. The molecule has 3 heterocycles. The Hall–Kier alpha value is -3.20. The molecule has 2 amide bonds. The minimum atomic E-state index is -0.488. The third-order valence-corrected chi connectivity index (χ3v) is 5.88. The van der Waals surface area contributed by atoms with E-state index in [0.717, 1.165) is 5.69 Å². The fourth-order valence-electron chi connectivity index (χ4n) is 3.71. The van der Waals surface area contributed by atoms with Gasteiger partial charge in [-0.25, -0.2) is 19.2 Å². The summed E-state index contributed by atoms with van der Waals surface area (Å²) in [6, 6.07) is 6.07. The average Bonchev–Trinajstić information content (AvgIpc) is 3.36. The molecule has 32 heavy (non-hydrogen) atoms. The number of imidazole rings is 1. The van der Waals surface area contributed by atoms with E-state index in [0.29, 0.717) is 24.0 Å². The monoisotopic (exact) mass is 457 g/mol. The number of hydrogen-bond donors (Lipinski definition) is 1. The number of carbonyl (C=O) groups is 1. The SMILES string of the molecule is CC(C)[C@H]1CN(C)C(=O)N1c1ccnc(N[C@@H](C)c2cn(-c3ccc(Cl)c(F)c3)cn2)n1. The number of likely N-dealkylation sites (N-methyl/N-ethyl adjacent to an activating group) is 1. The highest BCUT2D eigenvalue weighted by molar-refractivity contribution is 6.30. The summed E-state index contributed by atoms with van der Waals surface area (Å²) in [7, 11) is 1.79. The highest BCUT2D eigenvalue weighted by atomic mass is 35.5. The molecule has 1 aromatic carbocycles. The minimum Gasteiger partial charge on any atom is -0.346 e. The maximum absolute atomic E-state index is 13.8. The lowest BCUT2D eigenvalue weighted by molar-refractivity contribution is 0.229. The van der Waals surface area contributed by atoms with Crippen molar-refractivity contribution < 1.29 is 9.18 Å². The van der Waals surface area contributed by atoms with E-state index in [-0.39, 0.29) is 29.1 Å². The molecule has 3 aromatic rings. The summed E-state index contributed by atoms with van der Waals surface area (Å²) in [6.07, 6.45) is 5.05. The third-order valence-electron chi connectivity index (χ3n) is 5.58. The quantitative estimate of drug-likeness (QED) is 0.588. The van der Waals surface area contributed by atoms with E-state index in [1.807, 2.05) is 6.92 Å². The molecule has 0 spiro atoms. The molecular weight excluding hydrogens is 433 g/mol. The van der Waals surface area contributed by atoms with Gasteiger partial charge in [-0.15, -0.1) is 0 Å². The van der Waals surface area contributed by atoms with Gasteiger partial charge in [0.2, 0.25) is 5.95 Å². The number of urea groups is 1. The molecule has 1 fully saturated rings. The molecule has 1 N–H and O–H groups in total. The third kappa shape index (κ3) is 4.25. The number of nitrogens with one attached hydrogen (secondary N) is 1. The number of aromatic nitrogens is 4. The first kappa shape index (κ1) is 22.0. The predicted octanol–water partition coefficient (Wildman–Crippen LogP) is 4.52. The van der Waals surface area contributed by atoms with E-state index in [4.69, 9.17) is 11.6 Å². The Bertz CT molecular complexity index is 1130. The maximum atomic E-state index is 13.8. The second-order valence-electron chi connectivity index (χ2n) is 8.25. The first-order valence-corrected chi connectivity index (χ1v) is 10.8. The molecule has 2 atom stereocenters. The topological polar surface area (TPSA) is 79.2 Å². The number of amides is 2. The van der Waals surface area contributed by atoms with Crippen molar-refractivity contribution in [3.05, 3.63) is 59.5 Å². The summed E-state index contributed by atoms with van der Waals surface area (Å²) in [5, 5.41) is 3.31. The molecule has 0 saturated carbocycles. The summed E-state index contributed by atoms with van der Waals surface area (Å²) in [5.74, 6) is 0.755. The summed E-state index contributed by atoms with van der Waals surface area (Å²) < 4.78 is 15.5. The summed E-state index contributed by atoms with van der Waals surface area (Å²) >= 11 is 5.77. The standard InChI is InChI=1S/C22H25ClFN7O/c1-13(2)19-11-29(4)22(32)31(19)20-7-8-25-21(28-20)27-14(3)18-10-30(12-26-18)15-5-6-16(23)17(24)9-15/h5-10,12-14,19H,11H2,1-4H3,(H,25,27,28)/t14-,19+/m0/s1. The van der Waals surface area contributed by atoms with Crippen LogP contribution in [0.5, 0.6) is 0 Å². The molecule has 0 aliphatic carbocycles. The Kier molecular flexibility index (Phi) is 6.01. The van der Waals surface area contributed by atoms with Gasteiger partial charge in [-0.2, -0.15) is 4.98 Å². The van der Waals surface area contributed by atoms with E-state index >= 15 is 0 Å². The number of anilines is 2. The van der Waals surface area contributed by atoms with Crippen LogP contribution < -0.4 is 10.2 Å². The largest absolute Gasteiger partial charge is 0.346 e. The van der Waals surface area contributed by atoms with Crippen LogP contribution in [0.2, 0.25) is 5.02 Å². The number of benzene rings is 1. The zero-order chi connectivity index (χ0) is 23.0. The molecular formula is C22H25ClFN7O. The van der Waals surface area contributed by atoms with Crippen LogP contribution in [0.3, 0.4) is 0 Å². The van der Waals surface area contributed by atoms with Crippen molar-refractivity contribution in [2.75, 3.05) is 23.8 Å². The van der Waals surface area contributed by atoms with Gasteiger partial charge < -0.3 is 14.8 Å². The van der Waals surface area contributed by atoms with Gasteiger partial charge in [0.25, 0.3) is 0 Å². The molecule has 2 aromatic heterocycles. The van der Waals surface area contributed by atoms with Gasteiger partial charge in [0, 0.05) is 31.7 Å². The van der Waals surface area contributed by atoms with Gasteiger partial charge in [-0.1, -0.05) is 25.4 Å². The van der Waals surface area contributed by atoms with Gasteiger partial charge >= 0.3 is 6.03 Å². The van der Waals surface area contributed by atoms with Crippen molar-refractivity contribution in [2.24, 2.45) is 5.92 Å². The molecule has 0 radical (unpaired) electrons. The Morgan fingerprint density at radius 2 is 2.00 bits per heavy atom. The highest BCUT2D eigenvalue weighted by Gasteiger charge is 2.38. The normalized spacial score (nSPS) is 17.3. The molecule has 1 aliphatic heterocycles. The van der Waals surface area contributed by atoms with Crippen molar-refractivity contribution in [3.63, 3.8) is 0 Å². The molecule has 4 rings (SSSR count). The first-order valence-electron chi connectivity index (χ1n) is 10.4. The predicted molar refractivity (Wildman–Crippen MR) is 122 cm³/mol. The van der Waals surface area contributed by atoms with Gasteiger partial charge in [-0.3, -0.25) is 4.90 Å². The lowest BCUT2D eigenvalue weighted by atomic mass is 10.0. The van der Waals surface area contributed by atoms with Crippen molar-refractivity contribution >= 4 is 29.4 Å². The summed E-state index contributed by atoms with van der Waals surface area (Å²) in [6.45, 7) is 6.77. The number of hydrogen-bond acceptors (Lipinski definition) is 5. The first-order chi connectivity index (χ1) is 15.2. The molecule has 8 nitrogen and oxygen atoms in total. The minimum absolute atomic E-state index is 0.0446. The smallest absolute Gasteiger partial charge is 0.325 e. The fourth-order valence-corrected chi connectivity index (χ4v) is 3.83. The van der Waals surface area contributed by atoms with Crippen molar-refractivity contribution in [1.29, 1.82) is 0 Å². The summed E-state index contributed by atoms with van der Waals surface area (Å²) in [5.41, 5.74) is 1.35. The Balaban J connectivity index is 1.52. The number of nitrogens with zero attached hydrogens (tertiary/aromatic N) is 6. The molecule has 1 aliphatic rings. The molecule has 1 saturated heterocycles. The van der Waals surface area contributed by atoms with Crippen LogP contribution in [0.15, 0.2) is 43.0 Å². The molecule has 10 heteroatoms. The number of rotatable bonds is 6. The van der Waals surface area contributed by atoms with Gasteiger partial charge in [0.15, 0.2) is 0 Å². The summed E-state index contributed by atoms with van der Waals surface area (Å²) in [4.78, 5) is 29.4. The Morgan fingerprint density at radius 1 is 1.22 bits per heavy atom. The number of halogens is 2. The van der Waals surface area contributed by atoms with Crippen LogP contribution in [0.4, 0.5) is 21.0 Å². The van der Waals surface area contributed by atoms with E-state index in [1.54, 1.807) is 52.3 Å². The van der Waals surface area contributed by atoms with Crippen LogP contribution in [0.1, 0.15) is 32.5 Å². The average molecular weight is 458 g/mol. The van der Waals surface area contributed by atoms with E-state index in [9.17, 15) is 9.18 Å².